The molecule has 0 fully saturated rings. The molecule has 0 atom stereocenters. The normalized spacial score (nSPS) is 11.8. The Kier molecular flexibility index (Phi) is 9.69. The summed E-state index contributed by atoms with van der Waals surface area (Å²) in [4.78, 5) is 0. The number of rotatable bonds is 9. The highest BCUT2D eigenvalue weighted by molar-refractivity contribution is 6.36. The van der Waals surface area contributed by atoms with Gasteiger partial charge in [0, 0.05) is 19.8 Å². The highest BCUT2D eigenvalue weighted by Gasteiger charge is 2.31. The SMILES string of the molecule is CC(C)C[O][Al]([O]CC(C)C)[O]CC(C)C. The zero-order valence-electron chi connectivity index (χ0n) is 11.7. The van der Waals surface area contributed by atoms with Gasteiger partial charge in [-0.2, -0.15) is 0 Å². The van der Waals surface area contributed by atoms with E-state index in [2.05, 4.69) is 41.5 Å². The molecule has 3 nitrogen and oxygen atoms in total. The lowest BCUT2D eigenvalue weighted by Gasteiger charge is -2.17. The van der Waals surface area contributed by atoms with Crippen molar-refractivity contribution < 1.29 is 11.4 Å². The van der Waals surface area contributed by atoms with E-state index in [-0.39, 0.29) is 0 Å². The first-order chi connectivity index (χ1) is 7.41. The first-order valence-electron chi connectivity index (χ1n) is 6.26. The summed E-state index contributed by atoms with van der Waals surface area (Å²) < 4.78 is 17.1. The quantitative estimate of drug-likeness (QED) is 0.585. The van der Waals surface area contributed by atoms with Crippen LogP contribution in [-0.2, 0) is 11.4 Å². The lowest BCUT2D eigenvalue weighted by atomic mass is 10.2. The molecule has 0 aliphatic heterocycles. The molecule has 4 heteroatoms. The summed E-state index contributed by atoms with van der Waals surface area (Å²) in [5.41, 5.74) is 0. The van der Waals surface area contributed by atoms with Crippen molar-refractivity contribution in [1.29, 1.82) is 0 Å². The predicted molar refractivity (Wildman–Crippen MR) is 68.1 cm³/mol. The van der Waals surface area contributed by atoms with Gasteiger partial charge in [0.1, 0.15) is 0 Å². The molecule has 0 aromatic rings. The van der Waals surface area contributed by atoms with Crippen LogP contribution < -0.4 is 0 Å². The maximum atomic E-state index is 5.70. The maximum Gasteiger partial charge on any atom is 0.905 e. The Balaban J connectivity index is 3.85. The topological polar surface area (TPSA) is 27.7 Å². The van der Waals surface area contributed by atoms with Gasteiger partial charge in [-0.15, -0.1) is 0 Å². The molecule has 0 saturated carbocycles. The summed E-state index contributed by atoms with van der Waals surface area (Å²) in [5.74, 6) is 1.58. The molecular weight excluding hydrogens is 219 g/mol. The molecule has 96 valence electrons. The van der Waals surface area contributed by atoms with Crippen LogP contribution in [0.2, 0.25) is 0 Å². The van der Waals surface area contributed by atoms with Gasteiger partial charge in [0.2, 0.25) is 0 Å². The van der Waals surface area contributed by atoms with E-state index in [1.807, 2.05) is 0 Å². The Labute approximate surface area is 106 Å². The fraction of sp³-hybridized carbons (Fsp3) is 1.00. The predicted octanol–water partition coefficient (Wildman–Crippen LogP) is 2.99. The molecule has 0 rings (SSSR count). The molecule has 0 aromatic heterocycles. The summed E-state index contributed by atoms with van der Waals surface area (Å²) in [5, 5.41) is 0. The molecule has 0 radical (unpaired) electrons. The van der Waals surface area contributed by atoms with Gasteiger partial charge in [0.05, 0.1) is 0 Å². The molecule has 0 spiro atoms. The van der Waals surface area contributed by atoms with Gasteiger partial charge < -0.3 is 11.4 Å². The first kappa shape index (κ1) is 16.4. The van der Waals surface area contributed by atoms with E-state index < -0.39 is 15.1 Å². The molecule has 16 heavy (non-hydrogen) atoms. The van der Waals surface area contributed by atoms with Crippen LogP contribution >= 0.6 is 0 Å². The van der Waals surface area contributed by atoms with Crippen LogP contribution in [0.15, 0.2) is 0 Å². The maximum absolute atomic E-state index is 5.70. The van der Waals surface area contributed by atoms with Gasteiger partial charge >= 0.3 is 15.1 Å². The van der Waals surface area contributed by atoms with Crippen LogP contribution in [0.25, 0.3) is 0 Å². The Morgan fingerprint density at radius 1 is 0.625 bits per heavy atom. The van der Waals surface area contributed by atoms with Gasteiger partial charge in [0.25, 0.3) is 0 Å². The molecule has 0 bridgehead atoms. The summed E-state index contributed by atoms with van der Waals surface area (Å²) in [6.07, 6.45) is 0. The van der Waals surface area contributed by atoms with Crippen LogP contribution in [0.4, 0.5) is 0 Å². The Hall–Kier alpha value is 0.412. The molecule has 0 amide bonds. The van der Waals surface area contributed by atoms with Gasteiger partial charge in [0.15, 0.2) is 0 Å². The Morgan fingerprint density at radius 2 is 0.875 bits per heavy atom. The van der Waals surface area contributed by atoms with Gasteiger partial charge in [-0.05, 0) is 17.8 Å². The number of hydrogen-bond acceptors (Lipinski definition) is 3. The largest absolute Gasteiger partial charge is 0.905 e. The van der Waals surface area contributed by atoms with Crippen molar-refractivity contribution in [2.45, 2.75) is 41.5 Å². The summed E-state index contributed by atoms with van der Waals surface area (Å²) >= 11 is -1.90. The van der Waals surface area contributed by atoms with Crippen LogP contribution in [0, 0.1) is 17.8 Å². The molecule has 0 aromatic carbocycles. The van der Waals surface area contributed by atoms with Crippen molar-refractivity contribution in [2.75, 3.05) is 19.8 Å². The van der Waals surface area contributed by atoms with Crippen LogP contribution in [0.3, 0.4) is 0 Å². The zero-order chi connectivity index (χ0) is 12.6. The van der Waals surface area contributed by atoms with Crippen molar-refractivity contribution in [3.8, 4) is 0 Å². The van der Waals surface area contributed by atoms with Gasteiger partial charge in [-0.1, -0.05) is 41.5 Å². The van der Waals surface area contributed by atoms with Gasteiger partial charge in [-0.25, -0.2) is 0 Å². The number of hydrogen-bond donors (Lipinski definition) is 0. The molecule has 0 aliphatic carbocycles. The average molecular weight is 246 g/mol. The Morgan fingerprint density at radius 3 is 1.06 bits per heavy atom. The standard InChI is InChI=1S/3C4H9O.Al/c3*1-4(2)3-5;/h3*4H,3H2,1-2H3;/q3*-1;+3. The second-order valence-corrected chi connectivity index (χ2v) is 7.05. The van der Waals surface area contributed by atoms with Crippen molar-refractivity contribution in [1.82, 2.24) is 0 Å². The summed E-state index contributed by atoms with van der Waals surface area (Å²) in [7, 11) is 0. The van der Waals surface area contributed by atoms with E-state index in [1.54, 1.807) is 0 Å². The second-order valence-electron chi connectivity index (χ2n) is 5.47. The third-order valence-electron chi connectivity index (χ3n) is 1.70. The highest BCUT2D eigenvalue weighted by Crippen LogP contribution is 2.03. The van der Waals surface area contributed by atoms with Crippen molar-refractivity contribution >= 4 is 15.1 Å². The molecule has 0 aliphatic rings. The highest BCUT2D eigenvalue weighted by atomic mass is 27.3. The Bertz CT molecular complexity index is 132. The average Bonchev–Trinajstić information content (AvgIpc) is 2.15. The lowest BCUT2D eigenvalue weighted by Crippen LogP contribution is -2.31. The third-order valence-corrected chi connectivity index (χ3v) is 3.09. The van der Waals surface area contributed by atoms with E-state index in [9.17, 15) is 0 Å². The fourth-order valence-electron chi connectivity index (χ4n) is 0.957. The summed E-state index contributed by atoms with van der Waals surface area (Å²) in [6, 6.07) is 0. The molecule has 0 heterocycles. The smallest absolute Gasteiger partial charge is 0.454 e. The van der Waals surface area contributed by atoms with Crippen molar-refractivity contribution in [3.63, 3.8) is 0 Å². The van der Waals surface area contributed by atoms with E-state index in [0.29, 0.717) is 17.8 Å². The van der Waals surface area contributed by atoms with Crippen LogP contribution in [0.5, 0.6) is 0 Å². The van der Waals surface area contributed by atoms with E-state index in [4.69, 9.17) is 11.4 Å². The van der Waals surface area contributed by atoms with Crippen LogP contribution in [-0.4, -0.2) is 35.0 Å². The first-order valence-corrected chi connectivity index (χ1v) is 7.68. The van der Waals surface area contributed by atoms with E-state index in [1.165, 1.54) is 0 Å². The van der Waals surface area contributed by atoms with Gasteiger partial charge in [-0.3, -0.25) is 0 Å². The minimum absolute atomic E-state index is 0.528. The molecule has 0 N–H and O–H groups in total. The van der Waals surface area contributed by atoms with Crippen LogP contribution in [0.1, 0.15) is 41.5 Å². The molecular formula is C12H27AlO3. The van der Waals surface area contributed by atoms with Crippen molar-refractivity contribution in [3.05, 3.63) is 0 Å². The monoisotopic (exact) mass is 246 g/mol. The van der Waals surface area contributed by atoms with E-state index in [0.717, 1.165) is 19.8 Å². The third kappa shape index (κ3) is 10.9. The lowest BCUT2D eigenvalue weighted by molar-refractivity contribution is 0.0680. The van der Waals surface area contributed by atoms with E-state index >= 15 is 0 Å². The fourth-order valence-corrected chi connectivity index (χ4v) is 2.87. The molecule has 0 unspecified atom stereocenters. The minimum atomic E-state index is -1.90. The molecule has 0 saturated heterocycles. The zero-order valence-corrected chi connectivity index (χ0v) is 12.8. The van der Waals surface area contributed by atoms with Crippen molar-refractivity contribution in [2.24, 2.45) is 17.8 Å². The summed E-state index contributed by atoms with van der Waals surface area (Å²) in [6.45, 7) is 15.0. The second kappa shape index (κ2) is 9.44. The minimum Gasteiger partial charge on any atom is -0.454 e.